The Labute approximate surface area is 220 Å². The number of hydrogen-bond donors (Lipinski definition) is 1. The highest BCUT2D eigenvalue weighted by atomic mass is 16.6. The van der Waals surface area contributed by atoms with Gasteiger partial charge in [0.25, 0.3) is 0 Å². The van der Waals surface area contributed by atoms with Crippen molar-refractivity contribution in [1.82, 2.24) is 5.32 Å². The second kappa shape index (κ2) is 16.4. The van der Waals surface area contributed by atoms with Gasteiger partial charge in [-0.3, -0.25) is 4.79 Å². The smallest absolute Gasteiger partial charge is 0.408 e. The molecular formula is C30H41NO6. The van der Waals surface area contributed by atoms with Crippen molar-refractivity contribution in [3.8, 4) is 0 Å². The quantitative estimate of drug-likeness (QED) is 0.231. The van der Waals surface area contributed by atoms with Crippen LogP contribution in [0.2, 0.25) is 0 Å². The largest absolute Gasteiger partial charge is 0.463 e. The molecule has 37 heavy (non-hydrogen) atoms. The van der Waals surface area contributed by atoms with Crippen LogP contribution < -0.4 is 5.32 Å². The predicted octanol–water partition coefficient (Wildman–Crippen LogP) is 6.06. The Kier molecular flexibility index (Phi) is 13.2. The Morgan fingerprint density at radius 3 is 1.86 bits per heavy atom. The summed E-state index contributed by atoms with van der Waals surface area (Å²) in [5.74, 6) is -0.154. The van der Waals surface area contributed by atoms with Crippen molar-refractivity contribution < 1.29 is 28.6 Å². The van der Waals surface area contributed by atoms with Gasteiger partial charge in [-0.25, -0.2) is 9.59 Å². The van der Waals surface area contributed by atoms with Crippen LogP contribution in [0.4, 0.5) is 4.79 Å². The van der Waals surface area contributed by atoms with Crippen LogP contribution in [0.1, 0.15) is 64.5 Å². The molecule has 2 rings (SSSR count). The van der Waals surface area contributed by atoms with Gasteiger partial charge in [0.05, 0.1) is 5.92 Å². The lowest BCUT2D eigenvalue weighted by Gasteiger charge is -2.19. The second-order valence-corrected chi connectivity index (χ2v) is 10.0. The molecule has 0 aliphatic heterocycles. The average Bonchev–Trinajstić information content (AvgIpc) is 2.88. The van der Waals surface area contributed by atoms with Gasteiger partial charge in [-0.1, -0.05) is 101 Å². The molecule has 0 heterocycles. The summed E-state index contributed by atoms with van der Waals surface area (Å²) in [5.41, 5.74) is 1.61. The number of esters is 2. The number of nitrogens with one attached hydrogen (secondary N) is 1. The van der Waals surface area contributed by atoms with Crippen LogP contribution in [0, 0.1) is 17.8 Å². The van der Waals surface area contributed by atoms with E-state index in [2.05, 4.69) is 26.1 Å². The lowest BCUT2D eigenvalue weighted by atomic mass is 9.92. The average molecular weight is 512 g/mol. The number of carbonyl (C=O) groups is 3. The summed E-state index contributed by atoms with van der Waals surface area (Å²) in [6, 6.07) is 17.2. The molecule has 0 saturated carbocycles. The molecular weight excluding hydrogens is 470 g/mol. The molecule has 1 N–H and O–H groups in total. The van der Waals surface area contributed by atoms with E-state index in [4.69, 9.17) is 14.2 Å². The minimum Gasteiger partial charge on any atom is -0.463 e. The van der Waals surface area contributed by atoms with Gasteiger partial charge in [0.15, 0.2) is 6.04 Å². The third-order valence-corrected chi connectivity index (χ3v) is 6.02. The topological polar surface area (TPSA) is 90.9 Å². The maximum atomic E-state index is 12.8. The van der Waals surface area contributed by atoms with E-state index in [1.165, 1.54) is 0 Å². The van der Waals surface area contributed by atoms with Crippen molar-refractivity contribution in [1.29, 1.82) is 0 Å². The molecule has 7 nitrogen and oxygen atoms in total. The van der Waals surface area contributed by atoms with E-state index in [1.807, 2.05) is 67.6 Å². The molecule has 1 amide bonds. The molecule has 2 aromatic carbocycles. The summed E-state index contributed by atoms with van der Waals surface area (Å²) in [6.45, 7) is 8.23. The first-order valence-electron chi connectivity index (χ1n) is 13.1. The zero-order chi connectivity index (χ0) is 27.0. The fraction of sp³-hybridized carbons (Fsp3) is 0.500. The molecule has 0 radical (unpaired) electrons. The Balaban J connectivity index is 1.88. The summed E-state index contributed by atoms with van der Waals surface area (Å²) in [5, 5.41) is 2.48. The number of benzene rings is 2. The van der Waals surface area contributed by atoms with E-state index in [-0.39, 0.29) is 25.7 Å². The highest BCUT2D eigenvalue weighted by molar-refractivity contribution is 5.82. The van der Waals surface area contributed by atoms with Crippen LogP contribution in [-0.4, -0.2) is 30.7 Å². The zero-order valence-corrected chi connectivity index (χ0v) is 22.5. The van der Waals surface area contributed by atoms with Gasteiger partial charge in [0.1, 0.15) is 19.8 Å². The molecule has 0 aliphatic rings. The highest BCUT2D eigenvalue weighted by Crippen LogP contribution is 2.19. The van der Waals surface area contributed by atoms with E-state index in [9.17, 15) is 14.4 Å². The van der Waals surface area contributed by atoms with Gasteiger partial charge in [0.2, 0.25) is 0 Å². The highest BCUT2D eigenvalue weighted by Gasteiger charge is 2.26. The van der Waals surface area contributed by atoms with Crippen molar-refractivity contribution in [3.05, 3.63) is 71.8 Å². The summed E-state index contributed by atoms with van der Waals surface area (Å²) >= 11 is 0. The maximum absolute atomic E-state index is 12.8. The van der Waals surface area contributed by atoms with E-state index < -0.39 is 24.1 Å². The lowest BCUT2D eigenvalue weighted by molar-refractivity contribution is -0.155. The Morgan fingerprint density at radius 1 is 0.730 bits per heavy atom. The standard InChI is InChI=1S/C30H41NO6/c1-22(2)18-23(3)12-11-13-24(4)28(32)36-21-27(29(33)35-19-25-14-7-5-8-15-25)31-30(34)37-20-26-16-9-6-10-17-26/h5-10,14-17,22-24,27H,11-13,18-21H2,1-4H3,(H,31,34). The van der Waals surface area contributed by atoms with Crippen LogP contribution >= 0.6 is 0 Å². The molecule has 3 atom stereocenters. The Morgan fingerprint density at radius 2 is 1.30 bits per heavy atom. The second-order valence-electron chi connectivity index (χ2n) is 10.0. The van der Waals surface area contributed by atoms with Crippen molar-refractivity contribution >= 4 is 18.0 Å². The Hall–Kier alpha value is -3.35. The fourth-order valence-corrected chi connectivity index (χ4v) is 4.03. The monoisotopic (exact) mass is 511 g/mol. The molecule has 0 fully saturated rings. The zero-order valence-electron chi connectivity index (χ0n) is 22.5. The maximum Gasteiger partial charge on any atom is 0.408 e. The van der Waals surface area contributed by atoms with E-state index in [0.29, 0.717) is 18.3 Å². The van der Waals surface area contributed by atoms with E-state index in [1.54, 1.807) is 0 Å². The number of alkyl carbamates (subject to hydrolysis) is 1. The van der Waals surface area contributed by atoms with Crippen molar-refractivity contribution in [2.45, 2.75) is 72.6 Å². The van der Waals surface area contributed by atoms with Gasteiger partial charge >= 0.3 is 18.0 Å². The molecule has 0 aliphatic carbocycles. The first-order chi connectivity index (χ1) is 17.7. The fourth-order valence-electron chi connectivity index (χ4n) is 4.03. The number of ether oxygens (including phenoxy) is 3. The first kappa shape index (κ1) is 29.9. The minimum atomic E-state index is -1.19. The molecule has 7 heteroatoms. The van der Waals surface area contributed by atoms with Crippen LogP contribution in [0.5, 0.6) is 0 Å². The van der Waals surface area contributed by atoms with Crippen molar-refractivity contribution in [3.63, 3.8) is 0 Å². The molecule has 202 valence electrons. The van der Waals surface area contributed by atoms with Gasteiger partial charge in [-0.2, -0.15) is 0 Å². The van der Waals surface area contributed by atoms with Crippen molar-refractivity contribution in [2.75, 3.05) is 6.61 Å². The van der Waals surface area contributed by atoms with Crippen LogP contribution in [-0.2, 0) is 37.0 Å². The van der Waals surface area contributed by atoms with Crippen molar-refractivity contribution in [2.24, 2.45) is 17.8 Å². The molecule has 0 bridgehead atoms. The third-order valence-electron chi connectivity index (χ3n) is 6.02. The summed E-state index contributed by atoms with van der Waals surface area (Å²) in [4.78, 5) is 37.7. The Bertz CT molecular complexity index is 947. The molecule has 0 saturated heterocycles. The molecule has 0 spiro atoms. The SMILES string of the molecule is CC(C)CC(C)CCCC(C)C(=O)OCC(NC(=O)OCc1ccccc1)C(=O)OCc1ccccc1. The van der Waals surface area contributed by atoms with Gasteiger partial charge < -0.3 is 19.5 Å². The third kappa shape index (κ3) is 12.4. The number of carbonyl (C=O) groups excluding carboxylic acids is 3. The number of rotatable bonds is 15. The molecule has 2 aromatic rings. The minimum absolute atomic E-state index is 0.0375. The van der Waals surface area contributed by atoms with Crippen LogP contribution in [0.15, 0.2) is 60.7 Å². The predicted molar refractivity (Wildman–Crippen MR) is 142 cm³/mol. The number of amides is 1. The lowest BCUT2D eigenvalue weighted by Crippen LogP contribution is -2.45. The first-order valence-corrected chi connectivity index (χ1v) is 13.1. The van der Waals surface area contributed by atoms with Gasteiger partial charge in [0, 0.05) is 0 Å². The van der Waals surface area contributed by atoms with Crippen LogP contribution in [0.25, 0.3) is 0 Å². The number of hydrogen-bond acceptors (Lipinski definition) is 6. The summed E-state index contributed by atoms with van der Waals surface area (Å²) < 4.78 is 16.0. The van der Waals surface area contributed by atoms with E-state index >= 15 is 0 Å². The molecule has 3 unspecified atom stereocenters. The summed E-state index contributed by atoms with van der Waals surface area (Å²) in [7, 11) is 0. The van der Waals surface area contributed by atoms with Crippen LogP contribution in [0.3, 0.4) is 0 Å². The van der Waals surface area contributed by atoms with E-state index in [0.717, 1.165) is 30.4 Å². The molecule has 0 aromatic heterocycles. The van der Waals surface area contributed by atoms with Gasteiger partial charge in [-0.15, -0.1) is 0 Å². The normalized spacial score (nSPS) is 13.3. The van der Waals surface area contributed by atoms with Gasteiger partial charge in [-0.05, 0) is 35.8 Å². The summed E-state index contributed by atoms with van der Waals surface area (Å²) in [6.07, 6.45) is 3.05.